The van der Waals surface area contributed by atoms with Crippen molar-refractivity contribution < 1.29 is 0 Å². The summed E-state index contributed by atoms with van der Waals surface area (Å²) in [7, 11) is 0. The zero-order valence-corrected chi connectivity index (χ0v) is 12.5. The first-order valence-corrected chi connectivity index (χ1v) is 8.27. The average molecular weight is 273 g/mol. The van der Waals surface area contributed by atoms with Gasteiger partial charge in [-0.2, -0.15) is 0 Å². The molecule has 3 heteroatoms. The van der Waals surface area contributed by atoms with Crippen LogP contribution in [0.1, 0.15) is 37.7 Å². The summed E-state index contributed by atoms with van der Waals surface area (Å²) in [5, 5.41) is 0. The monoisotopic (exact) mass is 273 g/mol. The van der Waals surface area contributed by atoms with E-state index in [0.29, 0.717) is 0 Å². The Kier molecular flexibility index (Phi) is 5.04. The molecule has 0 amide bonds. The van der Waals surface area contributed by atoms with Gasteiger partial charge in [0.2, 0.25) is 0 Å². The lowest BCUT2D eigenvalue weighted by molar-refractivity contribution is 0.154. The van der Waals surface area contributed by atoms with Crippen LogP contribution < -0.4 is 0 Å². The molecule has 0 saturated carbocycles. The van der Waals surface area contributed by atoms with Gasteiger partial charge >= 0.3 is 0 Å². The van der Waals surface area contributed by atoms with E-state index in [9.17, 15) is 0 Å². The summed E-state index contributed by atoms with van der Waals surface area (Å²) in [6.07, 6.45) is 12.0. The molecule has 0 radical (unpaired) electrons. The molecule has 0 bridgehead atoms. The van der Waals surface area contributed by atoms with Gasteiger partial charge in [0.1, 0.15) is 0 Å². The summed E-state index contributed by atoms with van der Waals surface area (Å²) in [5.74, 6) is 0. The molecular weight excluding hydrogens is 246 g/mol. The minimum absolute atomic E-state index is 0.801. The third-order valence-corrected chi connectivity index (χ3v) is 4.85. The molecule has 0 N–H and O–H groups in total. The number of piperidine rings is 1. The van der Waals surface area contributed by atoms with Gasteiger partial charge in [-0.25, -0.2) is 0 Å². The van der Waals surface area contributed by atoms with Gasteiger partial charge < -0.3 is 4.90 Å². The van der Waals surface area contributed by atoms with E-state index >= 15 is 0 Å². The highest BCUT2D eigenvalue weighted by Gasteiger charge is 2.26. The van der Waals surface area contributed by atoms with Crippen molar-refractivity contribution in [1.82, 2.24) is 14.8 Å². The van der Waals surface area contributed by atoms with E-state index in [0.717, 1.165) is 6.04 Å². The SMILES string of the molecule is c1cc(CCN2CCC[C@@H]2CN2CCCCC2)ccn1. The van der Waals surface area contributed by atoms with Crippen molar-refractivity contribution >= 4 is 0 Å². The first-order chi connectivity index (χ1) is 9.92. The second-order valence-corrected chi connectivity index (χ2v) is 6.30. The lowest BCUT2D eigenvalue weighted by Gasteiger charge is -2.33. The number of hydrogen-bond donors (Lipinski definition) is 0. The summed E-state index contributed by atoms with van der Waals surface area (Å²) >= 11 is 0. The molecule has 3 nitrogen and oxygen atoms in total. The molecule has 2 saturated heterocycles. The van der Waals surface area contributed by atoms with Crippen LogP contribution in [-0.4, -0.2) is 53.5 Å². The highest BCUT2D eigenvalue weighted by atomic mass is 15.2. The largest absolute Gasteiger partial charge is 0.302 e. The summed E-state index contributed by atoms with van der Waals surface area (Å²) in [6, 6.07) is 5.10. The zero-order chi connectivity index (χ0) is 13.6. The summed E-state index contributed by atoms with van der Waals surface area (Å²) in [4.78, 5) is 9.51. The Labute approximate surface area is 123 Å². The summed E-state index contributed by atoms with van der Waals surface area (Å²) in [5.41, 5.74) is 1.42. The summed E-state index contributed by atoms with van der Waals surface area (Å²) in [6.45, 7) is 6.46. The fourth-order valence-electron chi connectivity index (χ4n) is 3.66. The van der Waals surface area contributed by atoms with E-state index < -0.39 is 0 Å². The number of rotatable bonds is 5. The molecule has 2 aliphatic rings. The molecule has 0 unspecified atom stereocenters. The smallest absolute Gasteiger partial charge is 0.0270 e. The molecule has 1 aromatic rings. The maximum atomic E-state index is 4.10. The van der Waals surface area contributed by atoms with Crippen LogP contribution in [0.25, 0.3) is 0 Å². The maximum absolute atomic E-state index is 4.10. The van der Waals surface area contributed by atoms with Gasteiger partial charge in [0.15, 0.2) is 0 Å². The fraction of sp³-hybridized carbons (Fsp3) is 0.706. The van der Waals surface area contributed by atoms with Crippen LogP contribution in [0.3, 0.4) is 0 Å². The molecule has 3 heterocycles. The predicted molar refractivity (Wildman–Crippen MR) is 82.8 cm³/mol. The first kappa shape index (κ1) is 14.0. The molecule has 2 fully saturated rings. The van der Waals surface area contributed by atoms with Gasteiger partial charge in [-0.1, -0.05) is 6.42 Å². The van der Waals surface area contributed by atoms with E-state index in [4.69, 9.17) is 0 Å². The lowest BCUT2D eigenvalue weighted by Crippen LogP contribution is -2.43. The molecule has 110 valence electrons. The Morgan fingerprint density at radius 3 is 2.60 bits per heavy atom. The third-order valence-electron chi connectivity index (χ3n) is 4.85. The molecule has 0 spiro atoms. The average Bonchev–Trinajstić information content (AvgIpc) is 2.94. The van der Waals surface area contributed by atoms with Crippen LogP contribution in [-0.2, 0) is 6.42 Å². The first-order valence-electron chi connectivity index (χ1n) is 8.27. The number of nitrogens with zero attached hydrogens (tertiary/aromatic N) is 3. The molecule has 0 aliphatic carbocycles. The second kappa shape index (κ2) is 7.19. The van der Waals surface area contributed by atoms with E-state index in [1.54, 1.807) is 0 Å². The van der Waals surface area contributed by atoms with Crippen LogP contribution in [0.4, 0.5) is 0 Å². The van der Waals surface area contributed by atoms with Crippen molar-refractivity contribution in [2.75, 3.05) is 32.7 Å². The molecule has 0 aromatic carbocycles. The zero-order valence-electron chi connectivity index (χ0n) is 12.5. The molecular formula is C17H27N3. The highest BCUT2D eigenvalue weighted by Crippen LogP contribution is 2.20. The number of hydrogen-bond acceptors (Lipinski definition) is 3. The number of aromatic nitrogens is 1. The number of likely N-dealkylation sites (tertiary alicyclic amines) is 2. The molecule has 3 rings (SSSR count). The topological polar surface area (TPSA) is 19.4 Å². The van der Waals surface area contributed by atoms with E-state index in [-0.39, 0.29) is 0 Å². The van der Waals surface area contributed by atoms with Crippen LogP contribution >= 0.6 is 0 Å². The quantitative estimate of drug-likeness (QED) is 0.822. The van der Waals surface area contributed by atoms with E-state index in [2.05, 4.69) is 26.9 Å². The minimum Gasteiger partial charge on any atom is -0.302 e. The molecule has 20 heavy (non-hydrogen) atoms. The fourth-order valence-corrected chi connectivity index (χ4v) is 3.66. The van der Waals surface area contributed by atoms with Gasteiger partial charge in [-0.15, -0.1) is 0 Å². The third kappa shape index (κ3) is 3.80. The second-order valence-electron chi connectivity index (χ2n) is 6.30. The van der Waals surface area contributed by atoms with Gasteiger partial charge in [-0.3, -0.25) is 9.88 Å². The Bertz CT molecular complexity index is 386. The van der Waals surface area contributed by atoms with Crippen LogP contribution in [0, 0.1) is 0 Å². The van der Waals surface area contributed by atoms with Crippen LogP contribution in [0.5, 0.6) is 0 Å². The van der Waals surface area contributed by atoms with Crippen molar-refractivity contribution in [3.05, 3.63) is 30.1 Å². The highest BCUT2D eigenvalue weighted by molar-refractivity contribution is 5.10. The van der Waals surface area contributed by atoms with Crippen molar-refractivity contribution in [3.8, 4) is 0 Å². The van der Waals surface area contributed by atoms with Crippen LogP contribution in [0.15, 0.2) is 24.5 Å². The Balaban J connectivity index is 1.47. The van der Waals surface area contributed by atoms with E-state index in [1.807, 2.05) is 12.4 Å². The minimum atomic E-state index is 0.801. The summed E-state index contributed by atoms with van der Waals surface area (Å²) < 4.78 is 0. The van der Waals surface area contributed by atoms with Crippen LogP contribution in [0.2, 0.25) is 0 Å². The van der Waals surface area contributed by atoms with Gasteiger partial charge in [0.05, 0.1) is 0 Å². The van der Waals surface area contributed by atoms with Gasteiger partial charge in [0, 0.05) is 31.5 Å². The Hall–Kier alpha value is -0.930. The normalized spacial score (nSPS) is 25.1. The van der Waals surface area contributed by atoms with Crippen molar-refractivity contribution in [2.45, 2.75) is 44.6 Å². The Morgan fingerprint density at radius 1 is 1.00 bits per heavy atom. The van der Waals surface area contributed by atoms with Crippen molar-refractivity contribution in [2.24, 2.45) is 0 Å². The lowest BCUT2D eigenvalue weighted by atomic mass is 10.1. The maximum Gasteiger partial charge on any atom is 0.0270 e. The van der Waals surface area contributed by atoms with Gasteiger partial charge in [-0.05, 0) is 69.4 Å². The Morgan fingerprint density at radius 2 is 1.80 bits per heavy atom. The molecule has 1 aromatic heterocycles. The van der Waals surface area contributed by atoms with Crippen molar-refractivity contribution in [3.63, 3.8) is 0 Å². The molecule has 1 atom stereocenters. The van der Waals surface area contributed by atoms with Crippen molar-refractivity contribution in [1.29, 1.82) is 0 Å². The van der Waals surface area contributed by atoms with E-state index in [1.165, 1.54) is 76.8 Å². The number of pyridine rings is 1. The predicted octanol–water partition coefficient (Wildman–Crippen LogP) is 2.57. The van der Waals surface area contributed by atoms with Gasteiger partial charge in [0.25, 0.3) is 0 Å². The molecule has 2 aliphatic heterocycles. The standard InChI is InChI=1S/C17H27N3/c1-2-11-19(12-3-1)15-17-5-4-13-20(17)14-8-16-6-9-18-10-7-16/h6-7,9-10,17H,1-5,8,11-15H2/t17-/m1/s1.